The topological polar surface area (TPSA) is 58.2 Å². The van der Waals surface area contributed by atoms with E-state index in [0.717, 1.165) is 19.5 Å². The fourth-order valence-corrected chi connectivity index (χ4v) is 2.78. The van der Waals surface area contributed by atoms with Crippen LogP contribution in [-0.4, -0.2) is 33.3 Å². The summed E-state index contributed by atoms with van der Waals surface area (Å²) < 4.78 is 24.6. The van der Waals surface area contributed by atoms with E-state index in [1.165, 1.54) is 0 Å². The third-order valence-electron chi connectivity index (χ3n) is 2.02. The first-order valence-electron chi connectivity index (χ1n) is 4.70. The zero-order valence-electron chi connectivity index (χ0n) is 8.21. The summed E-state index contributed by atoms with van der Waals surface area (Å²) in [4.78, 5) is 0. The highest BCUT2D eigenvalue weighted by molar-refractivity contribution is 7.89. The van der Waals surface area contributed by atoms with Crippen LogP contribution in [0.2, 0.25) is 0 Å². The Hall–Kier alpha value is -0.130. The molecule has 1 heterocycles. The lowest BCUT2D eigenvalue weighted by Crippen LogP contribution is -2.36. The Morgan fingerprint density at radius 1 is 1.54 bits per heavy atom. The molecule has 0 saturated carbocycles. The van der Waals surface area contributed by atoms with Crippen molar-refractivity contribution in [1.82, 2.24) is 10.0 Å². The van der Waals surface area contributed by atoms with Crippen LogP contribution in [0, 0.1) is 5.92 Å². The maximum Gasteiger partial charge on any atom is 0.211 e. The molecule has 1 fully saturated rings. The molecule has 78 valence electrons. The third kappa shape index (κ3) is 4.06. The predicted octanol–water partition coefficient (Wildman–Crippen LogP) is -0.0763. The van der Waals surface area contributed by atoms with E-state index in [0.29, 0.717) is 5.92 Å². The van der Waals surface area contributed by atoms with Crippen molar-refractivity contribution in [3.8, 4) is 0 Å². The Morgan fingerprint density at radius 3 is 2.69 bits per heavy atom. The van der Waals surface area contributed by atoms with Crippen LogP contribution in [0.1, 0.15) is 20.3 Å². The summed E-state index contributed by atoms with van der Waals surface area (Å²) in [5, 5.41) is 3.24. The average Bonchev–Trinajstić information content (AvgIpc) is 2.29. The van der Waals surface area contributed by atoms with Crippen LogP contribution in [0.3, 0.4) is 0 Å². The molecule has 2 N–H and O–H groups in total. The van der Waals surface area contributed by atoms with Crippen LogP contribution >= 0.6 is 0 Å². The molecule has 0 aromatic carbocycles. The van der Waals surface area contributed by atoms with Crippen molar-refractivity contribution in [1.29, 1.82) is 0 Å². The molecule has 1 atom stereocenters. The van der Waals surface area contributed by atoms with Crippen molar-refractivity contribution < 1.29 is 8.42 Å². The van der Waals surface area contributed by atoms with Gasteiger partial charge in [0.15, 0.2) is 0 Å². The Morgan fingerprint density at radius 2 is 2.23 bits per heavy atom. The summed E-state index contributed by atoms with van der Waals surface area (Å²) in [6.07, 6.45) is 0.730. The van der Waals surface area contributed by atoms with Gasteiger partial charge in [-0.3, -0.25) is 0 Å². The highest BCUT2D eigenvalue weighted by Crippen LogP contribution is 2.06. The second-order valence-corrected chi connectivity index (χ2v) is 5.85. The molecule has 0 spiro atoms. The summed E-state index contributed by atoms with van der Waals surface area (Å²) >= 11 is 0. The molecule has 1 saturated heterocycles. The second-order valence-electron chi connectivity index (χ2n) is 3.97. The highest BCUT2D eigenvalue weighted by Gasteiger charge is 2.25. The highest BCUT2D eigenvalue weighted by atomic mass is 32.2. The fourth-order valence-electron chi connectivity index (χ4n) is 1.36. The smallest absolute Gasteiger partial charge is 0.211 e. The fraction of sp³-hybridized carbons (Fsp3) is 1.00. The van der Waals surface area contributed by atoms with Gasteiger partial charge in [0.2, 0.25) is 10.0 Å². The van der Waals surface area contributed by atoms with Crippen molar-refractivity contribution in [2.75, 3.05) is 18.8 Å². The van der Waals surface area contributed by atoms with Gasteiger partial charge in [-0.15, -0.1) is 0 Å². The van der Waals surface area contributed by atoms with Gasteiger partial charge in [-0.2, -0.15) is 0 Å². The summed E-state index contributed by atoms with van der Waals surface area (Å²) in [6, 6.07) is 0.101. The number of hydrogen-bond donors (Lipinski definition) is 2. The summed E-state index contributed by atoms with van der Waals surface area (Å²) in [7, 11) is -2.94. The van der Waals surface area contributed by atoms with Gasteiger partial charge in [-0.25, -0.2) is 13.1 Å². The molecule has 0 aliphatic carbocycles. The first-order valence-corrected chi connectivity index (χ1v) is 6.35. The zero-order chi connectivity index (χ0) is 9.90. The molecule has 1 aliphatic heterocycles. The molecule has 4 nitrogen and oxygen atoms in total. The standard InChI is InChI=1S/C8H18N2O2S/c1-7(2)5-9-6-8-3-4-13(11,12)10-8/h7-10H,3-6H2,1-2H3. The lowest BCUT2D eigenvalue weighted by molar-refractivity contribution is 0.500. The van der Waals surface area contributed by atoms with Crippen molar-refractivity contribution >= 4 is 10.0 Å². The minimum absolute atomic E-state index is 0.101. The van der Waals surface area contributed by atoms with E-state index in [-0.39, 0.29) is 11.8 Å². The van der Waals surface area contributed by atoms with E-state index in [1.54, 1.807) is 0 Å². The van der Waals surface area contributed by atoms with Gasteiger partial charge in [-0.05, 0) is 18.9 Å². The van der Waals surface area contributed by atoms with Gasteiger partial charge >= 0.3 is 0 Å². The number of hydrogen-bond acceptors (Lipinski definition) is 3. The largest absolute Gasteiger partial charge is 0.315 e. The Balaban J connectivity index is 2.18. The van der Waals surface area contributed by atoms with E-state index < -0.39 is 10.0 Å². The maximum atomic E-state index is 11.0. The Bertz CT molecular complexity index is 249. The minimum Gasteiger partial charge on any atom is -0.315 e. The number of rotatable bonds is 4. The van der Waals surface area contributed by atoms with Crippen LogP contribution in [0.15, 0.2) is 0 Å². The van der Waals surface area contributed by atoms with Gasteiger partial charge in [-0.1, -0.05) is 13.8 Å². The van der Waals surface area contributed by atoms with Crippen LogP contribution in [0.4, 0.5) is 0 Å². The Kier molecular flexibility index (Phi) is 3.70. The van der Waals surface area contributed by atoms with E-state index in [9.17, 15) is 8.42 Å². The Labute approximate surface area is 80.1 Å². The van der Waals surface area contributed by atoms with E-state index in [4.69, 9.17) is 0 Å². The molecule has 13 heavy (non-hydrogen) atoms. The summed E-state index contributed by atoms with van der Waals surface area (Å²) in [5.41, 5.74) is 0. The van der Waals surface area contributed by atoms with Gasteiger partial charge in [0, 0.05) is 12.6 Å². The predicted molar refractivity (Wildman–Crippen MR) is 53.0 cm³/mol. The lowest BCUT2D eigenvalue weighted by atomic mass is 10.2. The lowest BCUT2D eigenvalue weighted by Gasteiger charge is -2.11. The van der Waals surface area contributed by atoms with Crippen LogP contribution < -0.4 is 10.0 Å². The molecule has 1 unspecified atom stereocenters. The number of nitrogens with one attached hydrogen (secondary N) is 2. The van der Waals surface area contributed by atoms with Crippen molar-refractivity contribution in [3.05, 3.63) is 0 Å². The van der Waals surface area contributed by atoms with Crippen LogP contribution in [0.5, 0.6) is 0 Å². The minimum atomic E-state index is -2.94. The molecule has 0 bridgehead atoms. The summed E-state index contributed by atoms with van der Waals surface area (Å²) in [5.74, 6) is 0.888. The SMILES string of the molecule is CC(C)CNCC1CCS(=O)(=O)N1. The molecule has 5 heteroatoms. The van der Waals surface area contributed by atoms with Crippen molar-refractivity contribution in [2.24, 2.45) is 5.92 Å². The molecule has 1 aliphatic rings. The zero-order valence-corrected chi connectivity index (χ0v) is 9.02. The normalized spacial score (nSPS) is 26.8. The second kappa shape index (κ2) is 4.39. The molecular weight excluding hydrogens is 188 g/mol. The van der Waals surface area contributed by atoms with Gasteiger partial charge in [0.05, 0.1) is 5.75 Å². The van der Waals surface area contributed by atoms with Gasteiger partial charge in [0.1, 0.15) is 0 Å². The molecule has 0 aromatic rings. The molecule has 0 aromatic heterocycles. The van der Waals surface area contributed by atoms with E-state index in [2.05, 4.69) is 23.9 Å². The molecule has 0 radical (unpaired) electrons. The van der Waals surface area contributed by atoms with Crippen LogP contribution in [-0.2, 0) is 10.0 Å². The average molecular weight is 206 g/mol. The maximum absolute atomic E-state index is 11.0. The molecule has 1 rings (SSSR count). The molecular formula is C8H18N2O2S. The van der Waals surface area contributed by atoms with E-state index >= 15 is 0 Å². The van der Waals surface area contributed by atoms with Gasteiger partial charge in [0.25, 0.3) is 0 Å². The monoisotopic (exact) mass is 206 g/mol. The van der Waals surface area contributed by atoms with E-state index in [1.807, 2.05) is 0 Å². The first kappa shape index (κ1) is 10.9. The quantitative estimate of drug-likeness (QED) is 0.676. The first-order chi connectivity index (χ1) is 5.99. The van der Waals surface area contributed by atoms with Crippen molar-refractivity contribution in [3.63, 3.8) is 0 Å². The molecule has 0 amide bonds. The third-order valence-corrected chi connectivity index (χ3v) is 3.49. The van der Waals surface area contributed by atoms with Gasteiger partial charge < -0.3 is 5.32 Å². The number of sulfonamides is 1. The summed E-state index contributed by atoms with van der Waals surface area (Å²) in [6.45, 7) is 5.95. The van der Waals surface area contributed by atoms with Crippen molar-refractivity contribution in [2.45, 2.75) is 26.3 Å². The van der Waals surface area contributed by atoms with Crippen LogP contribution in [0.25, 0.3) is 0 Å².